The Balaban J connectivity index is 1.87. The summed E-state index contributed by atoms with van der Waals surface area (Å²) in [5.74, 6) is 0.755. The third kappa shape index (κ3) is 2.71. The number of fused-ring (bicyclic) bond motifs is 1. The van der Waals surface area contributed by atoms with Crippen LogP contribution < -0.4 is 0 Å². The Morgan fingerprint density at radius 1 is 1.19 bits per heavy atom. The van der Waals surface area contributed by atoms with E-state index in [4.69, 9.17) is 0 Å². The first-order chi connectivity index (χ1) is 10.1. The van der Waals surface area contributed by atoms with Crippen molar-refractivity contribution in [3.63, 3.8) is 0 Å². The largest absolute Gasteiger partial charge is 0.480 e. The lowest BCUT2D eigenvalue weighted by molar-refractivity contribution is -0.145. The van der Waals surface area contributed by atoms with Gasteiger partial charge in [-0.1, -0.05) is 38.1 Å². The summed E-state index contributed by atoms with van der Waals surface area (Å²) in [6.07, 6.45) is 4.46. The lowest BCUT2D eigenvalue weighted by atomic mass is 9.77. The Kier molecular flexibility index (Phi) is 4.03. The van der Waals surface area contributed by atoms with Crippen LogP contribution in [0.5, 0.6) is 0 Å². The highest BCUT2D eigenvalue weighted by Crippen LogP contribution is 2.38. The Bertz CT molecular complexity index is 528. The van der Waals surface area contributed by atoms with E-state index in [2.05, 4.69) is 24.8 Å². The molecule has 4 unspecified atom stereocenters. The number of benzene rings is 1. The molecule has 2 aliphatic rings. The molecule has 1 aromatic carbocycles. The van der Waals surface area contributed by atoms with Gasteiger partial charge in [-0.15, -0.1) is 0 Å². The molecule has 1 heterocycles. The van der Waals surface area contributed by atoms with Gasteiger partial charge in [0.25, 0.3) is 0 Å². The normalized spacial score (nSPS) is 33.4. The Hall–Kier alpha value is -1.35. The first kappa shape index (κ1) is 14.6. The van der Waals surface area contributed by atoms with E-state index >= 15 is 0 Å². The van der Waals surface area contributed by atoms with Crippen molar-refractivity contribution in [1.29, 1.82) is 0 Å². The maximum atomic E-state index is 11.9. The van der Waals surface area contributed by atoms with Crippen LogP contribution in [0.1, 0.15) is 50.3 Å². The van der Waals surface area contributed by atoms with Crippen LogP contribution in [0.25, 0.3) is 0 Å². The van der Waals surface area contributed by atoms with Crippen LogP contribution in [0.3, 0.4) is 0 Å². The molecule has 0 amide bonds. The second-order valence-electron chi connectivity index (χ2n) is 6.85. The minimum absolute atomic E-state index is 0.422. The summed E-state index contributed by atoms with van der Waals surface area (Å²) in [6.45, 7) is 5.51. The van der Waals surface area contributed by atoms with Crippen LogP contribution in [0.15, 0.2) is 24.3 Å². The van der Waals surface area contributed by atoms with Crippen LogP contribution in [0, 0.1) is 11.8 Å². The molecule has 21 heavy (non-hydrogen) atoms. The van der Waals surface area contributed by atoms with E-state index < -0.39 is 12.0 Å². The van der Waals surface area contributed by atoms with Gasteiger partial charge in [0.2, 0.25) is 0 Å². The molecule has 0 saturated heterocycles. The van der Waals surface area contributed by atoms with Crippen LogP contribution >= 0.6 is 0 Å². The summed E-state index contributed by atoms with van der Waals surface area (Å²) < 4.78 is 0. The second kappa shape index (κ2) is 5.80. The van der Waals surface area contributed by atoms with Crippen molar-refractivity contribution in [2.45, 2.75) is 51.6 Å². The fourth-order valence-corrected chi connectivity index (χ4v) is 4.07. The van der Waals surface area contributed by atoms with E-state index in [0.717, 1.165) is 37.3 Å². The molecule has 3 rings (SSSR count). The minimum Gasteiger partial charge on any atom is -0.480 e. The van der Waals surface area contributed by atoms with Gasteiger partial charge in [0.1, 0.15) is 6.04 Å². The molecule has 1 saturated carbocycles. The van der Waals surface area contributed by atoms with E-state index in [1.807, 2.05) is 18.2 Å². The van der Waals surface area contributed by atoms with Crippen molar-refractivity contribution < 1.29 is 9.90 Å². The molecule has 0 spiro atoms. The quantitative estimate of drug-likeness (QED) is 0.905. The highest BCUT2D eigenvalue weighted by Gasteiger charge is 2.38. The molecule has 1 aromatic rings. The van der Waals surface area contributed by atoms with E-state index in [1.165, 1.54) is 12.0 Å². The highest BCUT2D eigenvalue weighted by molar-refractivity contribution is 5.76. The van der Waals surface area contributed by atoms with Gasteiger partial charge in [0, 0.05) is 12.6 Å². The number of carbonyl (C=O) groups is 1. The number of hydrogen-bond acceptors (Lipinski definition) is 2. The summed E-state index contributed by atoms with van der Waals surface area (Å²) in [5.41, 5.74) is 2.21. The van der Waals surface area contributed by atoms with Crippen LogP contribution in [0.2, 0.25) is 0 Å². The Morgan fingerprint density at radius 3 is 2.67 bits per heavy atom. The fourth-order valence-electron chi connectivity index (χ4n) is 4.07. The topological polar surface area (TPSA) is 40.5 Å². The predicted octanol–water partition coefficient (Wildman–Crippen LogP) is 3.50. The van der Waals surface area contributed by atoms with Gasteiger partial charge >= 0.3 is 5.97 Å². The van der Waals surface area contributed by atoms with E-state index in [0.29, 0.717) is 12.0 Å². The Labute approximate surface area is 127 Å². The van der Waals surface area contributed by atoms with Crippen molar-refractivity contribution in [3.05, 3.63) is 35.4 Å². The number of hydrogen-bond donors (Lipinski definition) is 1. The van der Waals surface area contributed by atoms with Crippen molar-refractivity contribution in [2.24, 2.45) is 11.8 Å². The van der Waals surface area contributed by atoms with Crippen molar-refractivity contribution in [3.8, 4) is 0 Å². The molecule has 3 heteroatoms. The maximum Gasteiger partial charge on any atom is 0.325 e. The SMILES string of the molecule is CC1CCC(N2CCc3ccccc3C2C(=O)O)CC1C. The standard InChI is InChI=1S/C18H25NO2/c1-12-7-8-15(11-13(12)2)19-10-9-14-5-3-4-6-16(14)17(19)18(20)21/h3-6,12-13,15,17H,7-11H2,1-2H3,(H,20,21). The maximum absolute atomic E-state index is 11.9. The van der Waals surface area contributed by atoms with E-state index in [-0.39, 0.29) is 0 Å². The third-order valence-electron chi connectivity index (χ3n) is 5.59. The Morgan fingerprint density at radius 2 is 1.95 bits per heavy atom. The number of nitrogens with zero attached hydrogens (tertiary/aromatic N) is 1. The van der Waals surface area contributed by atoms with Crippen LogP contribution in [0.4, 0.5) is 0 Å². The van der Waals surface area contributed by atoms with Gasteiger partial charge in [0.15, 0.2) is 0 Å². The summed E-state index contributed by atoms with van der Waals surface area (Å²) in [6, 6.07) is 8.01. The van der Waals surface area contributed by atoms with Gasteiger partial charge < -0.3 is 5.11 Å². The minimum atomic E-state index is -0.701. The van der Waals surface area contributed by atoms with E-state index in [1.54, 1.807) is 0 Å². The molecule has 1 N–H and O–H groups in total. The molecule has 1 aliphatic carbocycles. The second-order valence-corrected chi connectivity index (χ2v) is 6.85. The predicted molar refractivity (Wildman–Crippen MR) is 83.2 cm³/mol. The highest BCUT2D eigenvalue weighted by atomic mass is 16.4. The van der Waals surface area contributed by atoms with Crippen molar-refractivity contribution in [2.75, 3.05) is 6.54 Å². The number of carboxylic acid groups (broad SMARTS) is 1. The lowest BCUT2D eigenvalue weighted by Crippen LogP contribution is -2.48. The zero-order chi connectivity index (χ0) is 15.0. The molecule has 1 aliphatic heterocycles. The fraction of sp³-hybridized carbons (Fsp3) is 0.611. The monoisotopic (exact) mass is 287 g/mol. The summed E-state index contributed by atoms with van der Waals surface area (Å²) >= 11 is 0. The number of carboxylic acids is 1. The van der Waals surface area contributed by atoms with Gasteiger partial charge in [-0.2, -0.15) is 0 Å². The molecule has 0 bridgehead atoms. The van der Waals surface area contributed by atoms with Gasteiger partial charge in [-0.25, -0.2) is 0 Å². The molecular formula is C18H25NO2. The van der Waals surface area contributed by atoms with Gasteiger partial charge in [0.05, 0.1) is 0 Å². The smallest absolute Gasteiger partial charge is 0.325 e. The summed E-state index contributed by atoms with van der Waals surface area (Å²) in [4.78, 5) is 14.1. The summed E-state index contributed by atoms with van der Waals surface area (Å²) in [7, 11) is 0. The number of aliphatic carboxylic acids is 1. The summed E-state index contributed by atoms with van der Waals surface area (Å²) in [5, 5.41) is 9.76. The molecular weight excluding hydrogens is 262 g/mol. The zero-order valence-corrected chi connectivity index (χ0v) is 13.0. The van der Waals surface area contributed by atoms with Crippen molar-refractivity contribution >= 4 is 5.97 Å². The van der Waals surface area contributed by atoms with Crippen molar-refractivity contribution in [1.82, 2.24) is 4.90 Å². The molecule has 4 atom stereocenters. The molecule has 1 fully saturated rings. The van der Waals surface area contributed by atoms with E-state index in [9.17, 15) is 9.90 Å². The first-order valence-corrected chi connectivity index (χ1v) is 8.14. The third-order valence-corrected chi connectivity index (χ3v) is 5.59. The van der Waals surface area contributed by atoms with Crippen LogP contribution in [-0.4, -0.2) is 28.6 Å². The van der Waals surface area contributed by atoms with Gasteiger partial charge in [-0.3, -0.25) is 9.69 Å². The lowest BCUT2D eigenvalue weighted by Gasteiger charge is -2.44. The molecule has 0 aromatic heterocycles. The average molecular weight is 287 g/mol. The van der Waals surface area contributed by atoms with Crippen LogP contribution in [-0.2, 0) is 11.2 Å². The average Bonchev–Trinajstić information content (AvgIpc) is 2.48. The van der Waals surface area contributed by atoms with Gasteiger partial charge in [-0.05, 0) is 48.6 Å². The molecule has 114 valence electrons. The number of rotatable bonds is 2. The molecule has 3 nitrogen and oxygen atoms in total. The zero-order valence-electron chi connectivity index (χ0n) is 13.0. The first-order valence-electron chi connectivity index (χ1n) is 8.14. The molecule has 0 radical (unpaired) electrons.